The van der Waals surface area contributed by atoms with Gasteiger partial charge in [0.2, 0.25) is 0 Å². The highest BCUT2D eigenvalue weighted by molar-refractivity contribution is 9.10. The predicted molar refractivity (Wildman–Crippen MR) is 75.9 cm³/mol. The number of thiophene rings is 1. The first-order valence-electron chi connectivity index (χ1n) is 5.90. The Morgan fingerprint density at radius 3 is 3.22 bits per heavy atom. The Labute approximate surface area is 118 Å². The number of H-pyrrole nitrogens is 1. The molecule has 0 aromatic carbocycles. The molecule has 0 saturated carbocycles. The van der Waals surface area contributed by atoms with E-state index >= 15 is 0 Å². The van der Waals surface area contributed by atoms with E-state index in [0.717, 1.165) is 42.2 Å². The first-order chi connectivity index (χ1) is 8.81. The first kappa shape index (κ1) is 12.3. The van der Waals surface area contributed by atoms with Gasteiger partial charge in [0, 0.05) is 28.9 Å². The number of nitrogens with one attached hydrogen (secondary N) is 2. The molecule has 18 heavy (non-hydrogen) atoms. The van der Waals surface area contributed by atoms with Crippen LogP contribution in [0, 0.1) is 0 Å². The maximum atomic E-state index is 5.44. The van der Waals surface area contributed by atoms with Crippen LogP contribution in [0.4, 0.5) is 0 Å². The van der Waals surface area contributed by atoms with Crippen molar-refractivity contribution in [2.24, 2.45) is 0 Å². The normalized spacial score (nSPS) is 20.2. The highest BCUT2D eigenvalue weighted by Crippen LogP contribution is 2.28. The van der Waals surface area contributed by atoms with Crippen LogP contribution in [0.25, 0.3) is 10.6 Å². The molecule has 0 aliphatic carbocycles. The van der Waals surface area contributed by atoms with E-state index in [1.54, 1.807) is 11.3 Å². The van der Waals surface area contributed by atoms with Crippen LogP contribution in [-0.4, -0.2) is 35.8 Å². The van der Waals surface area contributed by atoms with Crippen LogP contribution in [0.1, 0.15) is 5.82 Å². The van der Waals surface area contributed by atoms with Gasteiger partial charge in [0.25, 0.3) is 0 Å². The van der Waals surface area contributed by atoms with Gasteiger partial charge in [-0.15, -0.1) is 11.3 Å². The molecular formula is C12H14BrN3OS. The molecule has 1 unspecified atom stereocenters. The molecule has 3 rings (SSSR count). The Balaban J connectivity index is 1.69. The summed E-state index contributed by atoms with van der Waals surface area (Å²) >= 11 is 5.17. The molecule has 0 amide bonds. The second-order valence-corrected chi connectivity index (χ2v) is 6.13. The highest BCUT2D eigenvalue weighted by atomic mass is 79.9. The number of hydrogen-bond acceptors (Lipinski definition) is 4. The Hall–Kier alpha value is -0.690. The average molecular weight is 328 g/mol. The van der Waals surface area contributed by atoms with Crippen molar-refractivity contribution in [1.29, 1.82) is 0 Å². The van der Waals surface area contributed by atoms with Gasteiger partial charge in [-0.3, -0.25) is 0 Å². The molecule has 4 nitrogen and oxygen atoms in total. The van der Waals surface area contributed by atoms with E-state index < -0.39 is 0 Å². The number of hydrogen-bond donors (Lipinski definition) is 2. The number of rotatable bonds is 3. The second-order valence-electron chi connectivity index (χ2n) is 4.30. The zero-order chi connectivity index (χ0) is 12.4. The largest absolute Gasteiger partial charge is 0.379 e. The van der Waals surface area contributed by atoms with Gasteiger partial charge >= 0.3 is 0 Å². The lowest BCUT2D eigenvalue weighted by atomic mass is 10.2. The summed E-state index contributed by atoms with van der Waals surface area (Å²) in [4.78, 5) is 9.01. The van der Waals surface area contributed by atoms with E-state index in [0.29, 0.717) is 6.04 Å². The van der Waals surface area contributed by atoms with Crippen LogP contribution in [-0.2, 0) is 11.2 Å². The lowest BCUT2D eigenvalue weighted by molar-refractivity contribution is 0.0764. The summed E-state index contributed by atoms with van der Waals surface area (Å²) in [7, 11) is 0. The summed E-state index contributed by atoms with van der Waals surface area (Å²) < 4.78 is 6.55. The Morgan fingerprint density at radius 1 is 1.56 bits per heavy atom. The minimum atomic E-state index is 0.368. The quantitative estimate of drug-likeness (QED) is 0.910. The van der Waals surface area contributed by atoms with Crippen LogP contribution in [0.15, 0.2) is 22.1 Å². The maximum Gasteiger partial charge on any atom is 0.108 e. The van der Waals surface area contributed by atoms with Gasteiger partial charge < -0.3 is 15.0 Å². The predicted octanol–water partition coefficient (Wildman–Crippen LogP) is 2.43. The zero-order valence-corrected chi connectivity index (χ0v) is 12.2. The van der Waals surface area contributed by atoms with E-state index in [2.05, 4.69) is 42.7 Å². The van der Waals surface area contributed by atoms with Gasteiger partial charge in [0.1, 0.15) is 5.82 Å². The van der Waals surface area contributed by atoms with Crippen molar-refractivity contribution in [2.45, 2.75) is 12.5 Å². The number of nitrogens with zero attached hydrogens (tertiary/aromatic N) is 1. The third kappa shape index (κ3) is 2.83. The highest BCUT2D eigenvalue weighted by Gasteiger charge is 2.15. The summed E-state index contributed by atoms with van der Waals surface area (Å²) in [5, 5.41) is 5.51. The topological polar surface area (TPSA) is 49.9 Å². The molecule has 2 aromatic rings. The van der Waals surface area contributed by atoms with Gasteiger partial charge in [-0.25, -0.2) is 4.98 Å². The van der Waals surface area contributed by atoms with Crippen molar-refractivity contribution >= 4 is 27.3 Å². The van der Waals surface area contributed by atoms with Crippen LogP contribution < -0.4 is 5.32 Å². The lowest BCUT2D eigenvalue weighted by Crippen LogP contribution is -2.42. The minimum absolute atomic E-state index is 0.368. The molecule has 96 valence electrons. The summed E-state index contributed by atoms with van der Waals surface area (Å²) in [5.74, 6) is 1.01. The van der Waals surface area contributed by atoms with E-state index in [-0.39, 0.29) is 0 Å². The Morgan fingerprint density at radius 2 is 2.50 bits per heavy atom. The molecule has 6 heteroatoms. The molecular weight excluding hydrogens is 314 g/mol. The standard InChI is InChI=1S/C12H14BrN3OS/c13-8-3-11(18-7-8)10-5-15-12(16-10)4-9-6-17-2-1-14-9/h3,5,7,9,14H,1-2,4,6H2,(H,15,16). The van der Waals surface area contributed by atoms with E-state index in [1.165, 1.54) is 4.88 Å². The minimum Gasteiger partial charge on any atom is -0.379 e. The molecule has 0 radical (unpaired) electrons. The summed E-state index contributed by atoms with van der Waals surface area (Å²) in [6.07, 6.45) is 2.78. The van der Waals surface area contributed by atoms with Gasteiger partial charge in [-0.05, 0) is 22.0 Å². The summed E-state index contributed by atoms with van der Waals surface area (Å²) in [5.41, 5.74) is 1.08. The monoisotopic (exact) mass is 327 g/mol. The first-order valence-corrected chi connectivity index (χ1v) is 7.58. The van der Waals surface area contributed by atoms with Crippen molar-refractivity contribution < 1.29 is 4.74 Å². The molecule has 0 bridgehead atoms. The van der Waals surface area contributed by atoms with Crippen LogP contribution in [0.2, 0.25) is 0 Å². The molecule has 2 aromatic heterocycles. The van der Waals surface area contributed by atoms with Crippen LogP contribution >= 0.6 is 27.3 Å². The fraction of sp³-hybridized carbons (Fsp3) is 0.417. The van der Waals surface area contributed by atoms with Crippen molar-refractivity contribution in [1.82, 2.24) is 15.3 Å². The van der Waals surface area contributed by atoms with E-state index in [4.69, 9.17) is 4.74 Å². The van der Waals surface area contributed by atoms with Gasteiger partial charge in [0.05, 0.1) is 30.0 Å². The third-order valence-electron chi connectivity index (χ3n) is 2.90. The molecule has 0 spiro atoms. The van der Waals surface area contributed by atoms with Crippen molar-refractivity contribution in [3.8, 4) is 10.6 Å². The number of ether oxygens (including phenoxy) is 1. The zero-order valence-electron chi connectivity index (χ0n) is 9.78. The van der Waals surface area contributed by atoms with Gasteiger partial charge in [-0.1, -0.05) is 0 Å². The van der Waals surface area contributed by atoms with Gasteiger partial charge in [0.15, 0.2) is 0 Å². The van der Waals surface area contributed by atoms with Crippen LogP contribution in [0.5, 0.6) is 0 Å². The summed E-state index contributed by atoms with van der Waals surface area (Å²) in [6, 6.07) is 2.47. The molecule has 3 heterocycles. The second kappa shape index (κ2) is 5.52. The average Bonchev–Trinajstić information content (AvgIpc) is 2.99. The fourth-order valence-electron chi connectivity index (χ4n) is 2.03. The van der Waals surface area contributed by atoms with Crippen LogP contribution in [0.3, 0.4) is 0 Å². The molecule has 1 aliphatic rings. The Bertz CT molecular complexity index is 519. The smallest absolute Gasteiger partial charge is 0.108 e. The molecule has 2 N–H and O–H groups in total. The molecule has 1 saturated heterocycles. The number of morpholine rings is 1. The number of aromatic nitrogens is 2. The van der Waals surface area contributed by atoms with Gasteiger partial charge in [-0.2, -0.15) is 0 Å². The van der Waals surface area contributed by atoms with Crippen molar-refractivity contribution in [3.63, 3.8) is 0 Å². The van der Waals surface area contributed by atoms with E-state index in [9.17, 15) is 0 Å². The molecule has 1 aliphatic heterocycles. The maximum absolute atomic E-state index is 5.44. The van der Waals surface area contributed by atoms with Crippen molar-refractivity contribution in [3.05, 3.63) is 27.9 Å². The SMILES string of the molecule is Brc1csc(-c2cnc(CC3COCCN3)[nH]2)c1. The number of aromatic amines is 1. The molecule has 1 atom stereocenters. The van der Waals surface area contributed by atoms with E-state index in [1.807, 2.05) is 6.20 Å². The number of halogens is 1. The summed E-state index contributed by atoms with van der Waals surface area (Å²) in [6.45, 7) is 2.50. The molecule has 1 fully saturated rings. The van der Waals surface area contributed by atoms with Crippen molar-refractivity contribution in [2.75, 3.05) is 19.8 Å². The number of imidazole rings is 1. The Kier molecular flexibility index (Phi) is 3.79. The third-order valence-corrected chi connectivity index (χ3v) is 4.62. The lowest BCUT2D eigenvalue weighted by Gasteiger charge is -2.22. The fourth-order valence-corrected chi connectivity index (χ4v) is 3.42.